The number of anilines is 1. The predicted molar refractivity (Wildman–Crippen MR) is 138 cm³/mol. The molecule has 1 aliphatic heterocycles. The molecule has 9 nitrogen and oxygen atoms in total. The van der Waals surface area contributed by atoms with Crippen molar-refractivity contribution in [3.63, 3.8) is 0 Å². The van der Waals surface area contributed by atoms with Gasteiger partial charge in [-0.1, -0.05) is 12.8 Å². The van der Waals surface area contributed by atoms with Gasteiger partial charge >= 0.3 is 0 Å². The van der Waals surface area contributed by atoms with Crippen molar-refractivity contribution in [2.45, 2.75) is 66.0 Å². The molecule has 0 aromatic carbocycles. The molecule has 1 saturated heterocycles. The van der Waals surface area contributed by atoms with Gasteiger partial charge in [0.25, 0.3) is 5.91 Å². The van der Waals surface area contributed by atoms with Gasteiger partial charge in [0.05, 0.1) is 5.56 Å². The second-order valence-electron chi connectivity index (χ2n) is 10.3. The maximum atomic E-state index is 13.0. The van der Waals surface area contributed by atoms with Crippen LogP contribution in [0.25, 0.3) is 5.65 Å². The maximum Gasteiger partial charge on any atom is 0.257 e. The molecule has 0 radical (unpaired) electrons. The Hall–Kier alpha value is -3.33. The van der Waals surface area contributed by atoms with Crippen molar-refractivity contribution < 1.29 is 9.59 Å². The molecule has 2 aliphatic rings. The molecule has 1 N–H and O–H groups in total. The van der Waals surface area contributed by atoms with Crippen molar-refractivity contribution in [1.29, 1.82) is 0 Å². The minimum Gasteiger partial charge on any atom is -0.337 e. The Bertz CT molecular complexity index is 1280. The Morgan fingerprint density at radius 3 is 2.56 bits per heavy atom. The molecule has 3 aromatic rings. The van der Waals surface area contributed by atoms with Gasteiger partial charge in [-0.3, -0.25) is 23.9 Å². The van der Waals surface area contributed by atoms with E-state index in [0.717, 1.165) is 60.9 Å². The molecule has 1 aliphatic carbocycles. The highest BCUT2D eigenvalue weighted by Gasteiger charge is 2.33. The van der Waals surface area contributed by atoms with Crippen molar-refractivity contribution >= 4 is 23.1 Å². The van der Waals surface area contributed by atoms with Gasteiger partial charge < -0.3 is 10.2 Å². The molecule has 1 saturated carbocycles. The zero-order valence-electron chi connectivity index (χ0n) is 21.6. The van der Waals surface area contributed by atoms with Crippen LogP contribution in [0, 0.1) is 26.7 Å². The van der Waals surface area contributed by atoms with E-state index in [-0.39, 0.29) is 17.9 Å². The van der Waals surface area contributed by atoms with Crippen molar-refractivity contribution in [2.24, 2.45) is 5.92 Å². The van der Waals surface area contributed by atoms with E-state index in [4.69, 9.17) is 0 Å². The van der Waals surface area contributed by atoms with Crippen molar-refractivity contribution in [3.05, 3.63) is 52.7 Å². The fourth-order valence-corrected chi connectivity index (χ4v) is 5.61. The second kappa shape index (κ2) is 9.97. The molecule has 0 bridgehead atoms. The number of piperazine rings is 1. The summed E-state index contributed by atoms with van der Waals surface area (Å²) < 4.78 is 2.07. The lowest BCUT2D eigenvalue weighted by atomic mass is 10.0. The highest BCUT2D eigenvalue weighted by atomic mass is 16.2. The first-order valence-electron chi connectivity index (χ1n) is 12.9. The zero-order valence-corrected chi connectivity index (χ0v) is 21.6. The van der Waals surface area contributed by atoms with Crippen LogP contribution in [-0.4, -0.2) is 66.9 Å². The fraction of sp³-hybridized carbons (Fsp3) is 0.519. The molecule has 5 rings (SSSR count). The summed E-state index contributed by atoms with van der Waals surface area (Å²) in [5.74, 6) is 1.16. The molecule has 0 unspecified atom stereocenters. The van der Waals surface area contributed by atoms with Crippen LogP contribution in [0.15, 0.2) is 24.4 Å². The van der Waals surface area contributed by atoms with Gasteiger partial charge in [-0.15, -0.1) is 10.2 Å². The molecule has 9 heteroatoms. The molecular weight excluding hydrogens is 454 g/mol. The Balaban J connectivity index is 1.36. The van der Waals surface area contributed by atoms with E-state index in [1.54, 1.807) is 12.3 Å². The van der Waals surface area contributed by atoms with Gasteiger partial charge in [-0.2, -0.15) is 0 Å². The number of pyridine rings is 2. The fourth-order valence-electron chi connectivity index (χ4n) is 5.61. The van der Waals surface area contributed by atoms with Crippen molar-refractivity contribution in [1.82, 2.24) is 29.4 Å². The lowest BCUT2D eigenvalue weighted by Gasteiger charge is -2.41. The van der Waals surface area contributed by atoms with Gasteiger partial charge in [0.15, 0.2) is 5.65 Å². The summed E-state index contributed by atoms with van der Waals surface area (Å²) in [6, 6.07) is 5.65. The third-order valence-corrected chi connectivity index (χ3v) is 7.72. The van der Waals surface area contributed by atoms with E-state index in [9.17, 15) is 9.59 Å². The summed E-state index contributed by atoms with van der Waals surface area (Å²) in [5, 5.41) is 11.7. The van der Waals surface area contributed by atoms with Crippen LogP contribution in [0.3, 0.4) is 0 Å². The highest BCUT2D eigenvalue weighted by molar-refractivity contribution is 6.04. The SMILES string of the molecule is Cc1ccc(C(=O)Nc2cc3nnc(C)n3c(CN3CCN(C(=O)C4CCCC4)[C@@H](C)C3)c2C)cn1. The van der Waals surface area contributed by atoms with Crippen LogP contribution in [-0.2, 0) is 11.3 Å². The topological polar surface area (TPSA) is 95.7 Å². The van der Waals surface area contributed by atoms with Crippen molar-refractivity contribution in [3.8, 4) is 0 Å². The van der Waals surface area contributed by atoms with E-state index in [1.165, 1.54) is 12.8 Å². The molecule has 2 amide bonds. The summed E-state index contributed by atoms with van der Waals surface area (Å²) in [6.07, 6.45) is 6.01. The van der Waals surface area contributed by atoms with Gasteiger partial charge in [-0.25, -0.2) is 0 Å². The monoisotopic (exact) mass is 489 g/mol. The lowest BCUT2D eigenvalue weighted by molar-refractivity contribution is -0.140. The normalized spacial score (nSPS) is 19.2. The third kappa shape index (κ3) is 4.72. The minimum absolute atomic E-state index is 0.168. The summed E-state index contributed by atoms with van der Waals surface area (Å²) in [7, 11) is 0. The summed E-state index contributed by atoms with van der Waals surface area (Å²) >= 11 is 0. The van der Waals surface area contributed by atoms with Crippen LogP contribution in [0.4, 0.5) is 5.69 Å². The number of hydrogen-bond donors (Lipinski definition) is 1. The standard InChI is InChI=1S/C27H35N7O2/c1-17-9-10-22(14-28-17)26(35)29-23-13-25-31-30-20(4)34(25)24(19(23)3)16-32-11-12-33(18(2)15-32)27(36)21-7-5-6-8-21/h9-10,13-14,18,21H,5-8,11-12,15-16H2,1-4H3,(H,29,35)/t18-/m0/s1. The number of nitrogens with one attached hydrogen (secondary N) is 1. The van der Waals surface area contributed by atoms with Gasteiger partial charge in [-0.05, 0) is 58.2 Å². The largest absolute Gasteiger partial charge is 0.337 e. The molecule has 190 valence electrons. The second-order valence-corrected chi connectivity index (χ2v) is 10.3. The average molecular weight is 490 g/mol. The first-order chi connectivity index (χ1) is 17.3. The van der Waals surface area contributed by atoms with Crippen LogP contribution in [0.2, 0.25) is 0 Å². The lowest BCUT2D eigenvalue weighted by Crippen LogP contribution is -2.55. The van der Waals surface area contributed by atoms with Crippen LogP contribution < -0.4 is 5.32 Å². The molecule has 2 fully saturated rings. The van der Waals surface area contributed by atoms with E-state index >= 15 is 0 Å². The number of nitrogens with zero attached hydrogens (tertiary/aromatic N) is 6. The number of aromatic nitrogens is 4. The van der Waals surface area contributed by atoms with Gasteiger partial charge in [0.2, 0.25) is 5.91 Å². The summed E-state index contributed by atoms with van der Waals surface area (Å²) in [6.45, 7) is 11.1. The smallest absolute Gasteiger partial charge is 0.257 e. The number of aryl methyl sites for hydroxylation is 2. The predicted octanol–water partition coefficient (Wildman–Crippen LogP) is 3.52. The summed E-state index contributed by atoms with van der Waals surface area (Å²) in [4.78, 5) is 34.7. The Kier molecular flexibility index (Phi) is 6.75. The van der Waals surface area contributed by atoms with E-state index in [0.29, 0.717) is 23.7 Å². The minimum atomic E-state index is -0.204. The Morgan fingerprint density at radius 2 is 1.86 bits per heavy atom. The average Bonchev–Trinajstić information content (AvgIpc) is 3.52. The quantitative estimate of drug-likeness (QED) is 0.589. The first-order valence-corrected chi connectivity index (χ1v) is 12.9. The zero-order chi connectivity index (χ0) is 25.4. The number of fused-ring (bicyclic) bond motifs is 1. The van der Waals surface area contributed by atoms with Crippen molar-refractivity contribution in [2.75, 3.05) is 25.0 Å². The third-order valence-electron chi connectivity index (χ3n) is 7.72. The molecule has 0 spiro atoms. The molecule has 1 atom stereocenters. The molecular formula is C27H35N7O2. The van der Waals surface area contributed by atoms with E-state index in [1.807, 2.05) is 32.9 Å². The first kappa shape index (κ1) is 24.4. The molecule has 4 heterocycles. The number of amides is 2. The van der Waals surface area contributed by atoms with E-state index < -0.39 is 0 Å². The van der Waals surface area contributed by atoms with Crippen LogP contribution in [0.5, 0.6) is 0 Å². The van der Waals surface area contributed by atoms with Gasteiger partial charge in [0, 0.05) is 67.5 Å². The van der Waals surface area contributed by atoms with E-state index in [2.05, 4.69) is 41.6 Å². The Morgan fingerprint density at radius 1 is 1.08 bits per heavy atom. The highest BCUT2D eigenvalue weighted by Crippen LogP contribution is 2.29. The number of carbonyl (C=O) groups excluding carboxylic acids is 2. The molecule has 3 aromatic heterocycles. The maximum absolute atomic E-state index is 13.0. The van der Waals surface area contributed by atoms with Gasteiger partial charge in [0.1, 0.15) is 5.82 Å². The number of rotatable bonds is 5. The number of carbonyl (C=O) groups is 2. The summed E-state index contributed by atoms with van der Waals surface area (Å²) in [5.41, 5.74) is 4.83. The van der Waals surface area contributed by atoms with Crippen LogP contribution >= 0.6 is 0 Å². The Labute approximate surface area is 211 Å². The number of hydrogen-bond acceptors (Lipinski definition) is 6. The molecule has 36 heavy (non-hydrogen) atoms. The van der Waals surface area contributed by atoms with Crippen LogP contribution in [0.1, 0.15) is 65.7 Å².